The van der Waals surface area contributed by atoms with Gasteiger partial charge in [-0.15, -0.1) is 0 Å². The normalized spacial score (nSPS) is 30.7. The van der Waals surface area contributed by atoms with E-state index in [1.54, 1.807) is 6.20 Å². The van der Waals surface area contributed by atoms with Gasteiger partial charge in [0.15, 0.2) is 0 Å². The van der Waals surface area contributed by atoms with Gasteiger partial charge >= 0.3 is 0 Å². The molecule has 3 saturated carbocycles. The largest absolute Gasteiger partial charge is 0.347 e. The maximum absolute atomic E-state index is 13.0. The van der Waals surface area contributed by atoms with Crippen LogP contribution < -0.4 is 5.32 Å². The minimum Gasteiger partial charge on any atom is -0.347 e. The van der Waals surface area contributed by atoms with Crippen molar-refractivity contribution in [3.63, 3.8) is 0 Å². The summed E-state index contributed by atoms with van der Waals surface area (Å²) in [5.74, 6) is 1.22. The summed E-state index contributed by atoms with van der Waals surface area (Å²) >= 11 is 0. The molecule has 140 valence electrons. The van der Waals surface area contributed by atoms with Crippen molar-refractivity contribution in [3.05, 3.63) is 29.6 Å². The Morgan fingerprint density at radius 1 is 1.15 bits per heavy atom. The molecule has 2 bridgehead atoms. The molecule has 0 aliphatic heterocycles. The third-order valence-corrected chi connectivity index (χ3v) is 7.70. The monoisotopic (exact) mass is 353 g/mol. The summed E-state index contributed by atoms with van der Waals surface area (Å²) in [6.45, 7) is 16.3. The highest BCUT2D eigenvalue weighted by atomic mass is 16.2. The van der Waals surface area contributed by atoms with Crippen LogP contribution in [0.2, 0.25) is 0 Å². The lowest BCUT2D eigenvalue weighted by Crippen LogP contribution is -2.73. The van der Waals surface area contributed by atoms with Crippen LogP contribution in [0.1, 0.15) is 64.0 Å². The van der Waals surface area contributed by atoms with Gasteiger partial charge in [-0.25, -0.2) is 4.98 Å². The van der Waals surface area contributed by atoms with E-state index in [2.05, 4.69) is 56.8 Å². The topological polar surface area (TPSA) is 57.8 Å². The minimum absolute atomic E-state index is 0.0163. The molecule has 2 heterocycles. The van der Waals surface area contributed by atoms with Crippen LogP contribution in [0.5, 0.6) is 0 Å². The number of aromatic amines is 1. The van der Waals surface area contributed by atoms with Crippen molar-refractivity contribution in [1.29, 1.82) is 0 Å². The van der Waals surface area contributed by atoms with Gasteiger partial charge < -0.3 is 10.3 Å². The van der Waals surface area contributed by atoms with Gasteiger partial charge in [0.2, 0.25) is 0 Å². The second-order valence-electron chi connectivity index (χ2n) is 10.3. The van der Waals surface area contributed by atoms with Crippen LogP contribution in [0.15, 0.2) is 18.3 Å². The highest BCUT2D eigenvalue weighted by Crippen LogP contribution is 2.74. The first-order valence-electron chi connectivity index (χ1n) is 9.72. The second kappa shape index (κ2) is 5.11. The number of nitrogens with zero attached hydrogens (tertiary/aromatic N) is 1. The fraction of sp³-hybridized carbons (Fsp3) is 0.636. The van der Waals surface area contributed by atoms with Gasteiger partial charge in [0.1, 0.15) is 11.3 Å². The summed E-state index contributed by atoms with van der Waals surface area (Å²) in [7, 11) is 0. The molecule has 2 aromatic heterocycles. The Morgan fingerprint density at radius 2 is 1.81 bits per heavy atom. The van der Waals surface area contributed by atoms with Crippen molar-refractivity contribution in [1.82, 2.24) is 15.3 Å². The summed E-state index contributed by atoms with van der Waals surface area (Å²) < 4.78 is 0. The van der Waals surface area contributed by atoms with E-state index in [9.17, 15) is 4.79 Å². The Balaban J connectivity index is 1.59. The highest BCUT2D eigenvalue weighted by Gasteiger charge is 2.70. The van der Waals surface area contributed by atoms with Gasteiger partial charge in [-0.3, -0.25) is 4.79 Å². The molecule has 0 spiro atoms. The first-order chi connectivity index (χ1) is 12.0. The summed E-state index contributed by atoms with van der Waals surface area (Å²) in [5, 5.41) is 4.36. The summed E-state index contributed by atoms with van der Waals surface area (Å²) in [5.41, 5.74) is 3.27. The van der Waals surface area contributed by atoms with Crippen molar-refractivity contribution in [3.8, 4) is 0 Å². The van der Waals surface area contributed by atoms with Crippen molar-refractivity contribution < 1.29 is 4.79 Å². The van der Waals surface area contributed by atoms with E-state index in [0.29, 0.717) is 28.4 Å². The Hall–Kier alpha value is -1.84. The lowest BCUT2D eigenvalue weighted by molar-refractivity contribution is -0.260. The van der Waals surface area contributed by atoms with Crippen LogP contribution in [-0.4, -0.2) is 21.9 Å². The number of amides is 1. The van der Waals surface area contributed by atoms with Gasteiger partial charge in [0, 0.05) is 17.6 Å². The first kappa shape index (κ1) is 17.6. The summed E-state index contributed by atoms with van der Waals surface area (Å²) in [6, 6.07) is 4.10. The van der Waals surface area contributed by atoms with E-state index in [1.807, 2.05) is 19.1 Å². The molecular formula is C22H31N3O. The van der Waals surface area contributed by atoms with E-state index >= 15 is 0 Å². The van der Waals surface area contributed by atoms with Crippen LogP contribution in [0, 0.1) is 35.0 Å². The molecule has 26 heavy (non-hydrogen) atoms. The van der Waals surface area contributed by atoms with Crippen molar-refractivity contribution in [2.45, 2.75) is 60.9 Å². The first-order valence-corrected chi connectivity index (χ1v) is 9.72. The second-order valence-corrected chi connectivity index (χ2v) is 10.3. The molecule has 2 N–H and O–H groups in total. The Labute approximate surface area is 156 Å². The number of nitrogens with one attached hydrogen (secondary N) is 2. The molecule has 0 radical (unpaired) electrons. The molecule has 0 aromatic carbocycles. The number of pyridine rings is 1. The van der Waals surface area contributed by atoms with E-state index in [-0.39, 0.29) is 17.4 Å². The van der Waals surface area contributed by atoms with Gasteiger partial charge in [0.25, 0.3) is 5.91 Å². The minimum atomic E-state index is -0.0163. The smallest absolute Gasteiger partial charge is 0.268 e. The number of hydrogen-bond acceptors (Lipinski definition) is 2. The van der Waals surface area contributed by atoms with Gasteiger partial charge in [-0.05, 0) is 59.1 Å². The number of carbonyl (C=O) groups is 1. The molecule has 0 saturated heterocycles. The van der Waals surface area contributed by atoms with Crippen molar-refractivity contribution >= 4 is 16.9 Å². The zero-order valence-electron chi connectivity index (χ0n) is 17.0. The number of H-pyrrole nitrogens is 1. The van der Waals surface area contributed by atoms with Crippen LogP contribution >= 0.6 is 0 Å². The number of carbonyl (C=O) groups excluding carboxylic acids is 1. The number of aryl methyl sites for hydroxylation is 1. The molecule has 2 aromatic rings. The van der Waals surface area contributed by atoms with Crippen LogP contribution in [0.4, 0.5) is 0 Å². The molecule has 0 unspecified atom stereocenters. The molecule has 1 atom stereocenters. The predicted octanol–water partition coefficient (Wildman–Crippen LogP) is 4.70. The molecular weight excluding hydrogens is 322 g/mol. The maximum atomic E-state index is 13.0. The average Bonchev–Trinajstić information content (AvgIpc) is 2.94. The van der Waals surface area contributed by atoms with Crippen LogP contribution in [0.25, 0.3) is 11.0 Å². The zero-order valence-corrected chi connectivity index (χ0v) is 17.0. The lowest BCUT2D eigenvalue weighted by atomic mass is 9.30. The highest BCUT2D eigenvalue weighted by molar-refractivity contribution is 5.98. The predicted molar refractivity (Wildman–Crippen MR) is 105 cm³/mol. The maximum Gasteiger partial charge on any atom is 0.268 e. The number of aromatic nitrogens is 2. The molecule has 4 nitrogen and oxygen atoms in total. The quantitative estimate of drug-likeness (QED) is 0.822. The van der Waals surface area contributed by atoms with E-state index in [4.69, 9.17) is 0 Å². The number of fused-ring (bicyclic) bond motifs is 3. The average molecular weight is 354 g/mol. The van der Waals surface area contributed by atoms with Gasteiger partial charge in [-0.1, -0.05) is 41.5 Å². The Morgan fingerprint density at radius 3 is 2.38 bits per heavy atom. The van der Waals surface area contributed by atoms with Crippen molar-refractivity contribution in [2.75, 3.05) is 0 Å². The van der Waals surface area contributed by atoms with E-state index < -0.39 is 0 Å². The van der Waals surface area contributed by atoms with Crippen LogP contribution in [-0.2, 0) is 0 Å². The lowest BCUT2D eigenvalue weighted by Gasteiger charge is -2.75. The molecule has 3 fully saturated rings. The Bertz CT molecular complexity index is 874. The fourth-order valence-electron chi connectivity index (χ4n) is 7.25. The molecule has 5 rings (SSSR count). The van der Waals surface area contributed by atoms with E-state index in [0.717, 1.165) is 23.0 Å². The van der Waals surface area contributed by atoms with E-state index in [1.165, 1.54) is 0 Å². The zero-order chi connectivity index (χ0) is 19.1. The molecule has 4 heteroatoms. The standard InChI is InChI=1S/C22H31N3O/c1-12-8-9-23-17-13(12)10-14(24-17)18(26)25-16-11-15-20(2,3)19(21(15,4)5)22(16,6)7/h8-10,15-16,19H,11H2,1-7H3,(H,23,24)(H,25,26)/t15?,16-,19?/m0/s1. The van der Waals surface area contributed by atoms with Gasteiger partial charge in [0.05, 0.1) is 0 Å². The van der Waals surface area contributed by atoms with Crippen molar-refractivity contribution in [2.24, 2.45) is 28.1 Å². The third-order valence-electron chi connectivity index (χ3n) is 7.70. The number of hydrogen-bond donors (Lipinski definition) is 2. The third kappa shape index (κ3) is 2.14. The SMILES string of the molecule is Cc1ccnc2[nH]c(C(=O)N[C@H]3CC4C(C)(C)C(C4(C)C)C3(C)C)cc12. The molecule has 3 aliphatic carbocycles. The summed E-state index contributed by atoms with van der Waals surface area (Å²) in [6.07, 6.45) is 2.82. The molecule has 1 amide bonds. The fourth-order valence-corrected chi connectivity index (χ4v) is 7.25. The van der Waals surface area contributed by atoms with Crippen LogP contribution in [0.3, 0.4) is 0 Å². The summed E-state index contributed by atoms with van der Waals surface area (Å²) in [4.78, 5) is 20.5. The molecule has 3 aliphatic rings. The van der Waals surface area contributed by atoms with Gasteiger partial charge in [-0.2, -0.15) is 0 Å². The Kier molecular flexibility index (Phi) is 3.46. The number of rotatable bonds is 2.